The number of hydrogen-bond donors (Lipinski definition) is 1. The number of aryl methyl sites for hydroxylation is 1. The molecular formula is C16H23NO. The van der Waals surface area contributed by atoms with Gasteiger partial charge in [-0.3, -0.25) is 4.79 Å². The van der Waals surface area contributed by atoms with E-state index in [1.54, 1.807) is 0 Å². The van der Waals surface area contributed by atoms with E-state index in [-0.39, 0.29) is 13.3 Å². The van der Waals surface area contributed by atoms with E-state index in [9.17, 15) is 4.79 Å². The van der Waals surface area contributed by atoms with Gasteiger partial charge in [-0.1, -0.05) is 51.2 Å². The van der Waals surface area contributed by atoms with Gasteiger partial charge in [-0.2, -0.15) is 0 Å². The van der Waals surface area contributed by atoms with Crippen molar-refractivity contribution in [3.63, 3.8) is 0 Å². The summed E-state index contributed by atoms with van der Waals surface area (Å²) < 4.78 is 0. The first-order valence-electron chi connectivity index (χ1n) is 6.49. The summed E-state index contributed by atoms with van der Waals surface area (Å²) in [6, 6.07) is 8.28. The molecule has 0 atom stereocenters. The molecular weight excluding hydrogens is 222 g/mol. The first-order valence-corrected chi connectivity index (χ1v) is 6.49. The van der Waals surface area contributed by atoms with E-state index in [2.05, 4.69) is 36.2 Å². The SMILES string of the molecule is CCCc1ccc(C#CCNC(=O)C(C)C)cc1.[HH]. The van der Waals surface area contributed by atoms with E-state index in [4.69, 9.17) is 0 Å². The van der Waals surface area contributed by atoms with Crippen molar-refractivity contribution in [1.82, 2.24) is 5.32 Å². The normalized spacial score (nSPS) is 9.78. The molecule has 0 aliphatic rings. The van der Waals surface area contributed by atoms with Crippen molar-refractivity contribution in [2.24, 2.45) is 5.92 Å². The van der Waals surface area contributed by atoms with Crippen molar-refractivity contribution in [2.45, 2.75) is 33.6 Å². The fourth-order valence-corrected chi connectivity index (χ4v) is 1.53. The molecule has 2 nitrogen and oxygen atoms in total. The van der Waals surface area contributed by atoms with Crippen molar-refractivity contribution < 1.29 is 6.22 Å². The maximum absolute atomic E-state index is 11.3. The van der Waals surface area contributed by atoms with Gasteiger partial charge in [0.2, 0.25) is 5.91 Å². The lowest BCUT2D eigenvalue weighted by Gasteiger charge is -2.02. The molecule has 98 valence electrons. The van der Waals surface area contributed by atoms with E-state index in [0.717, 1.165) is 18.4 Å². The van der Waals surface area contributed by atoms with Crippen LogP contribution in [0.1, 0.15) is 39.7 Å². The predicted octanol–water partition coefficient (Wildman–Crippen LogP) is 3.01. The molecule has 1 rings (SSSR count). The molecule has 0 aromatic heterocycles. The highest BCUT2D eigenvalue weighted by Crippen LogP contribution is 2.05. The fourth-order valence-electron chi connectivity index (χ4n) is 1.53. The Bertz CT molecular complexity index is 440. The van der Waals surface area contributed by atoms with Gasteiger partial charge in [0.25, 0.3) is 0 Å². The summed E-state index contributed by atoms with van der Waals surface area (Å²) in [6.07, 6.45) is 2.27. The summed E-state index contributed by atoms with van der Waals surface area (Å²) in [5.41, 5.74) is 2.34. The quantitative estimate of drug-likeness (QED) is 0.812. The van der Waals surface area contributed by atoms with Crippen molar-refractivity contribution in [1.29, 1.82) is 0 Å². The Balaban J connectivity index is 0.00000324. The van der Waals surface area contributed by atoms with E-state index >= 15 is 0 Å². The highest BCUT2D eigenvalue weighted by atomic mass is 16.1. The van der Waals surface area contributed by atoms with Crippen LogP contribution in [-0.2, 0) is 11.2 Å². The zero-order valence-corrected chi connectivity index (χ0v) is 11.4. The zero-order chi connectivity index (χ0) is 13.4. The van der Waals surface area contributed by atoms with E-state index < -0.39 is 0 Å². The maximum Gasteiger partial charge on any atom is 0.223 e. The summed E-state index contributed by atoms with van der Waals surface area (Å²) in [6.45, 7) is 6.32. The second-order valence-corrected chi connectivity index (χ2v) is 4.62. The van der Waals surface area contributed by atoms with Crippen LogP contribution in [0.25, 0.3) is 0 Å². The van der Waals surface area contributed by atoms with Crippen LogP contribution < -0.4 is 5.32 Å². The number of nitrogens with one attached hydrogen (secondary N) is 1. The second kappa shape index (κ2) is 7.55. The van der Waals surface area contributed by atoms with E-state index in [0.29, 0.717) is 6.54 Å². The first kappa shape index (κ1) is 14.3. The third kappa shape index (κ3) is 5.05. The second-order valence-electron chi connectivity index (χ2n) is 4.62. The van der Waals surface area contributed by atoms with Crippen molar-refractivity contribution >= 4 is 5.91 Å². The number of rotatable bonds is 4. The molecule has 0 aliphatic heterocycles. The Hall–Kier alpha value is -1.75. The van der Waals surface area contributed by atoms with Crippen LogP contribution >= 0.6 is 0 Å². The third-order valence-electron chi connectivity index (χ3n) is 2.60. The molecule has 18 heavy (non-hydrogen) atoms. The van der Waals surface area contributed by atoms with Gasteiger partial charge >= 0.3 is 0 Å². The van der Waals surface area contributed by atoms with Crippen LogP contribution in [0.4, 0.5) is 0 Å². The average molecular weight is 245 g/mol. The molecule has 0 saturated carbocycles. The molecule has 0 saturated heterocycles. The molecule has 0 bridgehead atoms. The van der Waals surface area contributed by atoms with Crippen LogP contribution in [0.3, 0.4) is 0 Å². The van der Waals surface area contributed by atoms with Crippen LogP contribution in [0.2, 0.25) is 0 Å². The van der Waals surface area contributed by atoms with Gasteiger partial charge in [0.1, 0.15) is 0 Å². The molecule has 1 aromatic rings. The van der Waals surface area contributed by atoms with E-state index in [1.807, 2.05) is 26.0 Å². The van der Waals surface area contributed by atoms with Gasteiger partial charge < -0.3 is 5.32 Å². The summed E-state index contributed by atoms with van der Waals surface area (Å²) in [4.78, 5) is 11.3. The summed E-state index contributed by atoms with van der Waals surface area (Å²) in [5.74, 6) is 6.06. The van der Waals surface area contributed by atoms with Gasteiger partial charge in [-0.05, 0) is 24.1 Å². The molecule has 2 heteroatoms. The molecule has 1 N–H and O–H groups in total. The molecule has 1 amide bonds. The molecule has 0 radical (unpaired) electrons. The minimum atomic E-state index is 0. The average Bonchev–Trinajstić information content (AvgIpc) is 2.36. The van der Waals surface area contributed by atoms with E-state index in [1.165, 1.54) is 5.56 Å². The number of carbonyl (C=O) groups is 1. The minimum Gasteiger partial charge on any atom is -0.345 e. The maximum atomic E-state index is 11.3. The van der Waals surface area contributed by atoms with Crippen LogP contribution in [-0.4, -0.2) is 12.5 Å². The van der Waals surface area contributed by atoms with Gasteiger partial charge in [-0.25, -0.2) is 0 Å². The number of benzene rings is 1. The van der Waals surface area contributed by atoms with Gasteiger partial charge in [0, 0.05) is 12.9 Å². The summed E-state index contributed by atoms with van der Waals surface area (Å²) >= 11 is 0. The van der Waals surface area contributed by atoms with Crippen molar-refractivity contribution in [3.05, 3.63) is 35.4 Å². The molecule has 0 spiro atoms. The van der Waals surface area contributed by atoms with Crippen LogP contribution in [0.5, 0.6) is 0 Å². The minimum absolute atomic E-state index is 0. The van der Waals surface area contributed by atoms with Crippen LogP contribution in [0.15, 0.2) is 24.3 Å². The van der Waals surface area contributed by atoms with Gasteiger partial charge in [-0.15, -0.1) is 0 Å². The molecule has 0 fully saturated rings. The highest BCUT2D eigenvalue weighted by Gasteiger charge is 2.03. The molecule has 0 heterocycles. The zero-order valence-electron chi connectivity index (χ0n) is 11.4. The van der Waals surface area contributed by atoms with Gasteiger partial charge in [0.05, 0.1) is 6.54 Å². The Kier molecular flexibility index (Phi) is 6.00. The van der Waals surface area contributed by atoms with Crippen molar-refractivity contribution in [3.8, 4) is 11.8 Å². The Morgan fingerprint density at radius 3 is 2.56 bits per heavy atom. The predicted molar refractivity (Wildman–Crippen MR) is 77.3 cm³/mol. The fraction of sp³-hybridized carbons (Fsp3) is 0.438. The van der Waals surface area contributed by atoms with Crippen LogP contribution in [0, 0.1) is 17.8 Å². The molecule has 1 aromatic carbocycles. The lowest BCUT2D eigenvalue weighted by atomic mass is 10.1. The third-order valence-corrected chi connectivity index (χ3v) is 2.60. The lowest BCUT2D eigenvalue weighted by Crippen LogP contribution is -2.27. The largest absolute Gasteiger partial charge is 0.345 e. The topological polar surface area (TPSA) is 29.1 Å². The Morgan fingerprint density at radius 2 is 2.00 bits per heavy atom. The number of hydrogen-bond acceptors (Lipinski definition) is 1. The number of amides is 1. The number of carbonyl (C=O) groups excluding carboxylic acids is 1. The van der Waals surface area contributed by atoms with Crippen molar-refractivity contribution in [2.75, 3.05) is 6.54 Å². The summed E-state index contributed by atoms with van der Waals surface area (Å²) in [5, 5.41) is 2.77. The molecule has 0 unspecified atom stereocenters. The smallest absolute Gasteiger partial charge is 0.223 e. The Morgan fingerprint density at radius 1 is 1.33 bits per heavy atom. The standard InChI is InChI=1S/C16H21NO.H2/c1-4-6-14-8-10-15(11-9-14)7-5-12-17-16(18)13(2)3;/h8-11,13H,4,6,12H2,1-3H3,(H,17,18);1H. The molecule has 0 aliphatic carbocycles. The Labute approximate surface area is 111 Å². The highest BCUT2D eigenvalue weighted by molar-refractivity contribution is 5.78. The first-order chi connectivity index (χ1) is 8.63. The summed E-state index contributed by atoms with van der Waals surface area (Å²) in [7, 11) is 0. The lowest BCUT2D eigenvalue weighted by molar-refractivity contribution is -0.123. The monoisotopic (exact) mass is 245 g/mol. The van der Waals surface area contributed by atoms with Gasteiger partial charge in [0.15, 0.2) is 0 Å².